The van der Waals surface area contributed by atoms with Crippen molar-refractivity contribution in [1.29, 1.82) is 0 Å². The van der Waals surface area contributed by atoms with Gasteiger partial charge in [0.2, 0.25) is 5.91 Å². The molecule has 0 bridgehead atoms. The first-order valence-electron chi connectivity index (χ1n) is 7.64. The van der Waals surface area contributed by atoms with Gasteiger partial charge in [-0.2, -0.15) is 0 Å². The van der Waals surface area contributed by atoms with E-state index < -0.39 is 0 Å². The summed E-state index contributed by atoms with van der Waals surface area (Å²) in [6.07, 6.45) is 0.166. The van der Waals surface area contributed by atoms with Crippen LogP contribution < -0.4 is 5.32 Å². The summed E-state index contributed by atoms with van der Waals surface area (Å²) in [5.41, 5.74) is 3.60. The number of hydrogen-bond acceptors (Lipinski definition) is 3. The summed E-state index contributed by atoms with van der Waals surface area (Å²) in [5.74, 6) is 0.530. The van der Waals surface area contributed by atoms with Crippen LogP contribution in [0.15, 0.2) is 59.1 Å². The summed E-state index contributed by atoms with van der Waals surface area (Å²) >= 11 is 6.07. The average molecular weight is 341 g/mol. The summed E-state index contributed by atoms with van der Waals surface area (Å²) in [5, 5.41) is 7.45. The number of rotatable bonds is 5. The molecule has 2 aromatic carbocycles. The van der Waals surface area contributed by atoms with Crippen molar-refractivity contribution in [2.24, 2.45) is 0 Å². The van der Waals surface area contributed by atoms with Crippen molar-refractivity contribution in [3.63, 3.8) is 0 Å². The summed E-state index contributed by atoms with van der Waals surface area (Å²) in [6.45, 7) is 2.42. The zero-order valence-electron chi connectivity index (χ0n) is 13.3. The Morgan fingerprint density at radius 1 is 1.17 bits per heavy atom. The maximum absolute atomic E-state index is 12.1. The van der Waals surface area contributed by atoms with Crippen LogP contribution in [0.1, 0.15) is 16.8 Å². The van der Waals surface area contributed by atoms with Crippen LogP contribution in [0.4, 0.5) is 0 Å². The number of carbonyl (C=O) groups excluding carboxylic acids is 1. The lowest BCUT2D eigenvalue weighted by molar-refractivity contribution is -0.120. The van der Waals surface area contributed by atoms with Gasteiger partial charge in [-0.3, -0.25) is 4.79 Å². The fourth-order valence-electron chi connectivity index (χ4n) is 2.31. The van der Waals surface area contributed by atoms with Crippen molar-refractivity contribution in [1.82, 2.24) is 10.5 Å². The molecule has 1 heterocycles. The minimum absolute atomic E-state index is 0.126. The molecule has 0 saturated heterocycles. The molecule has 24 heavy (non-hydrogen) atoms. The van der Waals surface area contributed by atoms with E-state index in [1.165, 1.54) is 5.56 Å². The molecule has 3 aromatic rings. The predicted octanol–water partition coefficient (Wildman–Crippen LogP) is 4.16. The molecule has 0 aliphatic carbocycles. The Balaban J connectivity index is 1.59. The second kappa shape index (κ2) is 7.32. The molecule has 0 atom stereocenters. The van der Waals surface area contributed by atoms with Gasteiger partial charge in [0, 0.05) is 23.2 Å². The van der Waals surface area contributed by atoms with Gasteiger partial charge in [-0.1, -0.05) is 64.8 Å². The molecule has 0 aliphatic heterocycles. The monoisotopic (exact) mass is 340 g/mol. The molecule has 0 fully saturated rings. The van der Waals surface area contributed by atoms with Crippen LogP contribution in [-0.2, 0) is 17.8 Å². The van der Waals surface area contributed by atoms with Gasteiger partial charge in [0.1, 0.15) is 0 Å². The third-order valence-electron chi connectivity index (χ3n) is 3.67. The molecule has 0 saturated carbocycles. The Kier molecular flexibility index (Phi) is 4.96. The van der Waals surface area contributed by atoms with E-state index in [4.69, 9.17) is 16.1 Å². The second-order valence-corrected chi connectivity index (χ2v) is 6.00. The lowest BCUT2D eigenvalue weighted by Crippen LogP contribution is -2.24. The molecule has 0 radical (unpaired) electrons. The first-order chi connectivity index (χ1) is 11.6. The van der Waals surface area contributed by atoms with Gasteiger partial charge in [-0.15, -0.1) is 0 Å². The molecule has 3 rings (SSSR count). The number of aryl methyl sites for hydroxylation is 1. The number of halogens is 1. The summed E-state index contributed by atoms with van der Waals surface area (Å²) in [4.78, 5) is 12.1. The lowest BCUT2D eigenvalue weighted by Gasteiger charge is -2.05. The number of amides is 1. The fraction of sp³-hybridized carbons (Fsp3) is 0.158. The molecule has 1 amide bonds. The summed E-state index contributed by atoms with van der Waals surface area (Å²) in [6, 6.07) is 17.2. The third-order valence-corrected chi connectivity index (χ3v) is 4.04. The first-order valence-corrected chi connectivity index (χ1v) is 8.02. The number of aromatic nitrogens is 1. The standard InChI is InChI=1S/C19H17ClN2O2/c1-13-6-8-14(9-7-13)18-10-16(22-24-18)11-19(23)21-12-15-4-2-3-5-17(15)20/h2-10H,11-12H2,1H3,(H,21,23). The zero-order valence-corrected chi connectivity index (χ0v) is 14.0. The maximum Gasteiger partial charge on any atom is 0.226 e. The van der Waals surface area contributed by atoms with Crippen molar-refractivity contribution in [3.8, 4) is 11.3 Å². The Morgan fingerprint density at radius 2 is 1.92 bits per heavy atom. The molecule has 1 aromatic heterocycles. The number of benzene rings is 2. The highest BCUT2D eigenvalue weighted by molar-refractivity contribution is 6.31. The smallest absolute Gasteiger partial charge is 0.226 e. The van der Waals surface area contributed by atoms with Gasteiger partial charge in [0.15, 0.2) is 5.76 Å². The molecule has 0 unspecified atom stereocenters. The number of nitrogens with one attached hydrogen (secondary N) is 1. The average Bonchev–Trinajstić information content (AvgIpc) is 3.03. The van der Waals surface area contributed by atoms with Gasteiger partial charge in [-0.05, 0) is 18.6 Å². The Bertz CT molecular complexity index is 841. The lowest BCUT2D eigenvalue weighted by atomic mass is 10.1. The van der Waals surface area contributed by atoms with E-state index in [-0.39, 0.29) is 12.3 Å². The van der Waals surface area contributed by atoms with E-state index in [1.54, 1.807) is 12.1 Å². The number of carbonyl (C=O) groups is 1. The van der Waals surface area contributed by atoms with Crippen LogP contribution >= 0.6 is 11.6 Å². The largest absolute Gasteiger partial charge is 0.356 e. The van der Waals surface area contributed by atoms with Gasteiger partial charge in [-0.25, -0.2) is 0 Å². The summed E-state index contributed by atoms with van der Waals surface area (Å²) in [7, 11) is 0. The van der Waals surface area contributed by atoms with E-state index >= 15 is 0 Å². The molecule has 5 heteroatoms. The minimum atomic E-state index is -0.126. The third kappa shape index (κ3) is 4.03. The SMILES string of the molecule is Cc1ccc(-c2cc(CC(=O)NCc3ccccc3Cl)no2)cc1. The normalized spacial score (nSPS) is 10.6. The van der Waals surface area contributed by atoms with Gasteiger partial charge < -0.3 is 9.84 Å². The molecule has 122 valence electrons. The highest BCUT2D eigenvalue weighted by Gasteiger charge is 2.11. The van der Waals surface area contributed by atoms with Crippen molar-refractivity contribution in [2.45, 2.75) is 19.9 Å². The van der Waals surface area contributed by atoms with Crippen LogP contribution in [0.25, 0.3) is 11.3 Å². The second-order valence-electron chi connectivity index (χ2n) is 5.59. The molecule has 0 aliphatic rings. The Morgan fingerprint density at radius 3 is 2.67 bits per heavy atom. The zero-order chi connectivity index (χ0) is 16.9. The van der Waals surface area contributed by atoms with Crippen LogP contribution in [0, 0.1) is 6.92 Å². The molecule has 4 nitrogen and oxygen atoms in total. The summed E-state index contributed by atoms with van der Waals surface area (Å²) < 4.78 is 5.32. The van der Waals surface area contributed by atoms with Gasteiger partial charge in [0.05, 0.1) is 12.1 Å². The van der Waals surface area contributed by atoms with Crippen molar-refractivity contribution >= 4 is 17.5 Å². The van der Waals surface area contributed by atoms with Crippen molar-refractivity contribution < 1.29 is 9.32 Å². The highest BCUT2D eigenvalue weighted by atomic mass is 35.5. The van der Waals surface area contributed by atoms with Crippen LogP contribution in [0.3, 0.4) is 0 Å². The van der Waals surface area contributed by atoms with E-state index in [9.17, 15) is 4.79 Å². The Labute approximate surface area is 145 Å². The molecule has 0 spiro atoms. The van der Waals surface area contributed by atoms with Gasteiger partial charge in [0.25, 0.3) is 0 Å². The minimum Gasteiger partial charge on any atom is -0.356 e. The van der Waals surface area contributed by atoms with Crippen LogP contribution in [-0.4, -0.2) is 11.1 Å². The van der Waals surface area contributed by atoms with E-state index in [2.05, 4.69) is 10.5 Å². The maximum atomic E-state index is 12.1. The first kappa shape index (κ1) is 16.3. The predicted molar refractivity (Wildman–Crippen MR) is 93.7 cm³/mol. The number of nitrogens with zero attached hydrogens (tertiary/aromatic N) is 1. The molecule has 1 N–H and O–H groups in total. The fourth-order valence-corrected chi connectivity index (χ4v) is 2.51. The van der Waals surface area contributed by atoms with E-state index in [1.807, 2.05) is 49.4 Å². The molecular weight excluding hydrogens is 324 g/mol. The highest BCUT2D eigenvalue weighted by Crippen LogP contribution is 2.21. The topological polar surface area (TPSA) is 55.1 Å². The van der Waals surface area contributed by atoms with E-state index in [0.717, 1.165) is 11.1 Å². The van der Waals surface area contributed by atoms with Crippen LogP contribution in [0.5, 0.6) is 0 Å². The van der Waals surface area contributed by atoms with Crippen LogP contribution in [0.2, 0.25) is 5.02 Å². The van der Waals surface area contributed by atoms with Crippen molar-refractivity contribution in [3.05, 3.63) is 76.4 Å². The van der Waals surface area contributed by atoms with Gasteiger partial charge >= 0.3 is 0 Å². The molecular formula is C19H17ClN2O2. The van der Waals surface area contributed by atoms with E-state index in [0.29, 0.717) is 23.0 Å². The quantitative estimate of drug-likeness (QED) is 0.758. The Hall–Kier alpha value is -2.59. The number of hydrogen-bond donors (Lipinski definition) is 1. The van der Waals surface area contributed by atoms with Crippen molar-refractivity contribution in [2.75, 3.05) is 0 Å².